The Morgan fingerprint density at radius 1 is 1.19 bits per heavy atom. The largest absolute Gasteiger partial charge is 0.497 e. The maximum Gasteiger partial charge on any atom is 0.410 e. The number of carbonyl (C=O) groups excluding carboxylic acids is 2. The zero-order valence-electron chi connectivity index (χ0n) is 16.5. The Bertz CT molecular complexity index is 687. The van der Waals surface area contributed by atoms with Gasteiger partial charge in [-0.25, -0.2) is 9.59 Å². The molecule has 0 bridgehead atoms. The number of nitrogens with zero attached hydrogens (tertiary/aromatic N) is 2. The van der Waals surface area contributed by atoms with Crippen LogP contribution in [0.5, 0.6) is 5.75 Å². The topological polar surface area (TPSA) is 68.3 Å². The number of rotatable bonds is 3. The third-order valence-corrected chi connectivity index (χ3v) is 4.90. The molecule has 2 amide bonds. The first-order chi connectivity index (χ1) is 12.7. The van der Waals surface area contributed by atoms with Gasteiger partial charge in [-0.1, -0.05) is 12.1 Å². The molecule has 148 valence electrons. The van der Waals surface area contributed by atoms with Crippen molar-refractivity contribution in [2.24, 2.45) is 0 Å². The monoisotopic (exact) mass is 376 g/mol. The van der Waals surface area contributed by atoms with Gasteiger partial charge in [0.2, 0.25) is 0 Å². The van der Waals surface area contributed by atoms with Gasteiger partial charge >= 0.3 is 12.2 Å². The molecule has 0 aromatic heterocycles. The van der Waals surface area contributed by atoms with Gasteiger partial charge in [0.05, 0.1) is 13.7 Å². The quantitative estimate of drug-likeness (QED) is 0.809. The Kier molecular flexibility index (Phi) is 5.22. The molecule has 0 unspecified atom stereocenters. The average molecular weight is 376 g/mol. The van der Waals surface area contributed by atoms with E-state index in [1.54, 1.807) is 16.9 Å². The molecule has 7 heteroatoms. The number of ether oxygens (including phenoxy) is 3. The first kappa shape index (κ1) is 19.3. The highest BCUT2D eigenvalue weighted by atomic mass is 16.6. The van der Waals surface area contributed by atoms with Crippen LogP contribution in [-0.2, 0) is 16.0 Å². The third kappa shape index (κ3) is 4.64. The van der Waals surface area contributed by atoms with E-state index in [4.69, 9.17) is 14.2 Å². The lowest BCUT2D eigenvalue weighted by Gasteiger charge is -2.37. The van der Waals surface area contributed by atoms with Crippen molar-refractivity contribution < 1.29 is 23.8 Å². The van der Waals surface area contributed by atoms with Crippen molar-refractivity contribution in [1.82, 2.24) is 9.80 Å². The van der Waals surface area contributed by atoms with Crippen LogP contribution in [0.2, 0.25) is 0 Å². The molecule has 7 nitrogen and oxygen atoms in total. The zero-order valence-corrected chi connectivity index (χ0v) is 16.5. The molecular formula is C20H28N2O5. The van der Waals surface area contributed by atoms with Crippen LogP contribution >= 0.6 is 0 Å². The van der Waals surface area contributed by atoms with E-state index in [1.807, 2.05) is 45.0 Å². The fourth-order valence-corrected chi connectivity index (χ4v) is 3.45. The predicted molar refractivity (Wildman–Crippen MR) is 99.7 cm³/mol. The van der Waals surface area contributed by atoms with E-state index < -0.39 is 11.2 Å². The zero-order chi connectivity index (χ0) is 19.7. The van der Waals surface area contributed by atoms with Gasteiger partial charge in [0, 0.05) is 32.5 Å². The first-order valence-corrected chi connectivity index (χ1v) is 9.28. The minimum absolute atomic E-state index is 0.295. The lowest BCUT2D eigenvalue weighted by molar-refractivity contribution is -0.0170. The molecule has 1 aromatic carbocycles. The SMILES string of the molecule is COc1ccc(CN2CC3(CCN(C(=O)OC(C)(C)C)CC3)OC2=O)cc1. The molecule has 1 spiro atoms. The van der Waals surface area contributed by atoms with Crippen molar-refractivity contribution in [2.45, 2.75) is 51.4 Å². The number of methoxy groups -OCH3 is 1. The Morgan fingerprint density at radius 2 is 1.81 bits per heavy atom. The molecular weight excluding hydrogens is 348 g/mol. The number of piperidine rings is 1. The highest BCUT2D eigenvalue weighted by molar-refractivity contribution is 5.71. The second kappa shape index (κ2) is 7.29. The summed E-state index contributed by atoms with van der Waals surface area (Å²) in [6.07, 6.45) is 0.641. The van der Waals surface area contributed by atoms with E-state index in [-0.39, 0.29) is 12.2 Å². The van der Waals surface area contributed by atoms with E-state index >= 15 is 0 Å². The van der Waals surface area contributed by atoms with Crippen LogP contribution in [0.15, 0.2) is 24.3 Å². The summed E-state index contributed by atoms with van der Waals surface area (Å²) in [5.74, 6) is 0.786. The molecule has 1 aromatic rings. The first-order valence-electron chi connectivity index (χ1n) is 9.28. The van der Waals surface area contributed by atoms with Crippen molar-refractivity contribution >= 4 is 12.2 Å². The van der Waals surface area contributed by atoms with Gasteiger partial charge in [0.25, 0.3) is 0 Å². The third-order valence-electron chi connectivity index (χ3n) is 4.90. The van der Waals surface area contributed by atoms with Crippen LogP contribution in [0.1, 0.15) is 39.2 Å². The number of carbonyl (C=O) groups is 2. The lowest BCUT2D eigenvalue weighted by Crippen LogP contribution is -2.49. The van der Waals surface area contributed by atoms with E-state index in [0.717, 1.165) is 11.3 Å². The summed E-state index contributed by atoms with van der Waals surface area (Å²) < 4.78 is 16.3. The van der Waals surface area contributed by atoms with Crippen LogP contribution in [-0.4, -0.2) is 59.9 Å². The summed E-state index contributed by atoms with van der Waals surface area (Å²) in [7, 11) is 1.63. The second-order valence-electron chi connectivity index (χ2n) is 8.22. The average Bonchev–Trinajstić information content (AvgIpc) is 2.89. The summed E-state index contributed by atoms with van der Waals surface area (Å²) in [4.78, 5) is 28.0. The van der Waals surface area contributed by atoms with Gasteiger partial charge in [0.1, 0.15) is 17.0 Å². The van der Waals surface area contributed by atoms with Gasteiger partial charge in [-0.3, -0.25) is 4.90 Å². The van der Waals surface area contributed by atoms with Crippen molar-refractivity contribution in [2.75, 3.05) is 26.7 Å². The number of benzene rings is 1. The molecule has 0 aliphatic carbocycles. The van der Waals surface area contributed by atoms with Crippen molar-refractivity contribution in [3.63, 3.8) is 0 Å². The molecule has 0 N–H and O–H groups in total. The normalized spacial score (nSPS) is 19.2. The Hall–Kier alpha value is -2.44. The van der Waals surface area contributed by atoms with Crippen molar-refractivity contribution in [3.05, 3.63) is 29.8 Å². The van der Waals surface area contributed by atoms with Crippen LogP contribution in [0.25, 0.3) is 0 Å². The highest BCUT2D eigenvalue weighted by Crippen LogP contribution is 2.34. The number of hydrogen-bond donors (Lipinski definition) is 0. The molecule has 0 radical (unpaired) electrons. The highest BCUT2D eigenvalue weighted by Gasteiger charge is 2.47. The molecule has 2 aliphatic heterocycles. The minimum atomic E-state index is -0.513. The van der Waals surface area contributed by atoms with Crippen LogP contribution in [0.3, 0.4) is 0 Å². The van der Waals surface area contributed by atoms with E-state index in [2.05, 4.69) is 0 Å². The number of likely N-dealkylation sites (tertiary alicyclic amines) is 1. The van der Waals surface area contributed by atoms with Crippen LogP contribution in [0.4, 0.5) is 9.59 Å². The van der Waals surface area contributed by atoms with E-state index in [9.17, 15) is 9.59 Å². The van der Waals surface area contributed by atoms with E-state index in [1.165, 1.54) is 0 Å². The van der Waals surface area contributed by atoms with Gasteiger partial charge in [0.15, 0.2) is 0 Å². The molecule has 0 atom stereocenters. The van der Waals surface area contributed by atoms with Crippen molar-refractivity contribution in [1.29, 1.82) is 0 Å². The maximum atomic E-state index is 12.4. The molecule has 2 fully saturated rings. The van der Waals surface area contributed by atoms with Gasteiger partial charge in [-0.05, 0) is 38.5 Å². The van der Waals surface area contributed by atoms with Gasteiger partial charge < -0.3 is 19.1 Å². The second-order valence-corrected chi connectivity index (χ2v) is 8.22. The predicted octanol–water partition coefficient (Wildman–Crippen LogP) is 3.42. The van der Waals surface area contributed by atoms with E-state index in [0.29, 0.717) is 39.0 Å². The maximum absolute atomic E-state index is 12.4. The van der Waals surface area contributed by atoms with Crippen LogP contribution in [0, 0.1) is 0 Å². The summed E-state index contributed by atoms with van der Waals surface area (Å²) >= 11 is 0. The van der Waals surface area contributed by atoms with Crippen LogP contribution < -0.4 is 4.74 Å². The summed E-state index contributed by atoms with van der Waals surface area (Å²) in [6, 6.07) is 7.65. The molecule has 0 saturated carbocycles. The Morgan fingerprint density at radius 3 is 2.37 bits per heavy atom. The standard InChI is InChI=1S/C20H28N2O5/c1-19(2,3)26-17(23)21-11-9-20(10-12-21)14-22(18(24)27-20)13-15-5-7-16(25-4)8-6-15/h5-8H,9-14H2,1-4H3. The fraction of sp³-hybridized carbons (Fsp3) is 0.600. The smallest absolute Gasteiger partial charge is 0.410 e. The van der Waals surface area contributed by atoms with Gasteiger partial charge in [-0.15, -0.1) is 0 Å². The summed E-state index contributed by atoms with van der Waals surface area (Å²) in [5.41, 5.74) is -0.000466. The number of hydrogen-bond acceptors (Lipinski definition) is 5. The molecule has 27 heavy (non-hydrogen) atoms. The summed E-state index contributed by atoms with van der Waals surface area (Å²) in [6.45, 7) is 7.65. The Labute approximate surface area is 160 Å². The van der Waals surface area contributed by atoms with Crippen molar-refractivity contribution in [3.8, 4) is 5.75 Å². The molecule has 2 saturated heterocycles. The Balaban J connectivity index is 1.56. The molecule has 2 heterocycles. The fourth-order valence-electron chi connectivity index (χ4n) is 3.45. The summed E-state index contributed by atoms with van der Waals surface area (Å²) in [5, 5.41) is 0. The molecule has 2 aliphatic rings. The number of amides is 2. The molecule has 3 rings (SSSR count). The minimum Gasteiger partial charge on any atom is -0.497 e. The lowest BCUT2D eigenvalue weighted by atomic mass is 9.91. The van der Waals surface area contributed by atoms with Gasteiger partial charge in [-0.2, -0.15) is 0 Å².